The topological polar surface area (TPSA) is 68.3 Å². The van der Waals surface area contributed by atoms with Crippen molar-refractivity contribution in [2.24, 2.45) is 0 Å². The number of methoxy groups -OCH3 is 2. The molecule has 1 aromatic heterocycles. The molecule has 24 heavy (non-hydrogen) atoms. The van der Waals surface area contributed by atoms with Gasteiger partial charge in [-0.15, -0.1) is 0 Å². The minimum Gasteiger partial charge on any atom is -0.497 e. The first kappa shape index (κ1) is 18.0. The SMILES string of the molecule is COCCCNc1nc(C)cc(NCCc2ccc(OC)cc2)n1. The van der Waals surface area contributed by atoms with Crippen LogP contribution in [0.3, 0.4) is 0 Å². The third-order valence-corrected chi connectivity index (χ3v) is 3.54. The number of nitrogens with zero attached hydrogens (tertiary/aromatic N) is 2. The van der Waals surface area contributed by atoms with Crippen molar-refractivity contribution >= 4 is 11.8 Å². The minimum absolute atomic E-state index is 0.651. The summed E-state index contributed by atoms with van der Waals surface area (Å²) < 4.78 is 10.2. The normalized spacial score (nSPS) is 10.5. The lowest BCUT2D eigenvalue weighted by Gasteiger charge is -2.10. The Morgan fingerprint density at radius 1 is 1.00 bits per heavy atom. The second-order valence-electron chi connectivity index (χ2n) is 5.52. The van der Waals surface area contributed by atoms with Gasteiger partial charge in [0.05, 0.1) is 7.11 Å². The van der Waals surface area contributed by atoms with Crippen LogP contribution < -0.4 is 15.4 Å². The fourth-order valence-electron chi connectivity index (χ4n) is 2.28. The summed E-state index contributed by atoms with van der Waals surface area (Å²) in [5, 5.41) is 6.58. The van der Waals surface area contributed by atoms with Crippen molar-refractivity contribution < 1.29 is 9.47 Å². The highest BCUT2D eigenvalue weighted by Crippen LogP contribution is 2.13. The van der Waals surface area contributed by atoms with E-state index in [-0.39, 0.29) is 0 Å². The monoisotopic (exact) mass is 330 g/mol. The molecule has 1 aromatic carbocycles. The molecule has 2 aromatic rings. The quantitative estimate of drug-likeness (QED) is 0.653. The van der Waals surface area contributed by atoms with E-state index in [0.717, 1.165) is 49.8 Å². The highest BCUT2D eigenvalue weighted by molar-refractivity contribution is 5.42. The molecule has 0 aliphatic rings. The van der Waals surface area contributed by atoms with E-state index in [0.29, 0.717) is 5.95 Å². The molecule has 1 heterocycles. The molecular formula is C18H26N4O2. The van der Waals surface area contributed by atoms with Crippen LogP contribution in [-0.2, 0) is 11.2 Å². The summed E-state index contributed by atoms with van der Waals surface area (Å²) in [6.07, 6.45) is 1.84. The lowest BCUT2D eigenvalue weighted by molar-refractivity contribution is 0.197. The Hall–Kier alpha value is -2.34. The molecule has 0 atom stereocenters. The highest BCUT2D eigenvalue weighted by atomic mass is 16.5. The van der Waals surface area contributed by atoms with Gasteiger partial charge in [-0.1, -0.05) is 12.1 Å². The fourth-order valence-corrected chi connectivity index (χ4v) is 2.28. The number of anilines is 2. The number of hydrogen-bond acceptors (Lipinski definition) is 6. The number of nitrogens with one attached hydrogen (secondary N) is 2. The Bertz CT molecular complexity index is 617. The third-order valence-electron chi connectivity index (χ3n) is 3.54. The van der Waals surface area contributed by atoms with Gasteiger partial charge in [0.25, 0.3) is 0 Å². The molecular weight excluding hydrogens is 304 g/mol. The van der Waals surface area contributed by atoms with Gasteiger partial charge in [0.1, 0.15) is 11.6 Å². The molecule has 0 aliphatic carbocycles. The average molecular weight is 330 g/mol. The summed E-state index contributed by atoms with van der Waals surface area (Å²) in [4.78, 5) is 8.90. The lowest BCUT2D eigenvalue weighted by Crippen LogP contribution is -2.11. The number of hydrogen-bond donors (Lipinski definition) is 2. The van der Waals surface area contributed by atoms with Crippen LogP contribution in [0.2, 0.25) is 0 Å². The summed E-state index contributed by atoms with van der Waals surface area (Å²) in [6.45, 7) is 4.30. The molecule has 6 nitrogen and oxygen atoms in total. The first-order valence-electron chi connectivity index (χ1n) is 8.16. The Kier molecular flexibility index (Phi) is 7.29. The molecule has 0 radical (unpaired) electrons. The second kappa shape index (κ2) is 9.72. The van der Waals surface area contributed by atoms with Crippen molar-refractivity contribution in [1.29, 1.82) is 0 Å². The number of aromatic nitrogens is 2. The molecule has 0 fully saturated rings. The number of aryl methyl sites for hydroxylation is 1. The zero-order valence-corrected chi connectivity index (χ0v) is 14.6. The van der Waals surface area contributed by atoms with E-state index in [1.54, 1.807) is 14.2 Å². The van der Waals surface area contributed by atoms with E-state index in [9.17, 15) is 0 Å². The van der Waals surface area contributed by atoms with E-state index in [4.69, 9.17) is 9.47 Å². The number of ether oxygens (including phenoxy) is 2. The van der Waals surface area contributed by atoms with Crippen LogP contribution in [0.25, 0.3) is 0 Å². The molecule has 0 saturated heterocycles. The number of benzene rings is 1. The third kappa shape index (κ3) is 6.04. The maximum atomic E-state index is 5.17. The van der Waals surface area contributed by atoms with Crippen molar-refractivity contribution in [3.8, 4) is 5.75 Å². The predicted octanol–water partition coefficient (Wildman–Crippen LogP) is 2.90. The van der Waals surface area contributed by atoms with Gasteiger partial charge in [0.2, 0.25) is 5.95 Å². The van der Waals surface area contributed by atoms with E-state index in [2.05, 4.69) is 32.7 Å². The van der Waals surface area contributed by atoms with Gasteiger partial charge < -0.3 is 20.1 Å². The van der Waals surface area contributed by atoms with Gasteiger partial charge in [0, 0.05) is 38.6 Å². The Balaban J connectivity index is 1.83. The molecule has 0 spiro atoms. The van der Waals surface area contributed by atoms with Crippen molar-refractivity contribution in [3.63, 3.8) is 0 Å². The van der Waals surface area contributed by atoms with E-state index in [1.165, 1.54) is 5.56 Å². The van der Waals surface area contributed by atoms with Gasteiger partial charge in [-0.3, -0.25) is 0 Å². The highest BCUT2D eigenvalue weighted by Gasteiger charge is 2.02. The lowest BCUT2D eigenvalue weighted by atomic mass is 10.1. The maximum Gasteiger partial charge on any atom is 0.224 e. The fraction of sp³-hybridized carbons (Fsp3) is 0.444. The largest absolute Gasteiger partial charge is 0.497 e. The first-order valence-corrected chi connectivity index (χ1v) is 8.16. The molecule has 2 N–H and O–H groups in total. The van der Waals surface area contributed by atoms with Gasteiger partial charge in [-0.25, -0.2) is 4.98 Å². The number of rotatable bonds is 10. The van der Waals surface area contributed by atoms with Crippen molar-refractivity contribution in [3.05, 3.63) is 41.6 Å². The van der Waals surface area contributed by atoms with Crippen LogP contribution in [0.15, 0.2) is 30.3 Å². The zero-order chi connectivity index (χ0) is 17.2. The van der Waals surface area contributed by atoms with Crippen LogP contribution in [0, 0.1) is 6.92 Å². The summed E-state index contributed by atoms with van der Waals surface area (Å²) in [5.74, 6) is 2.37. The Morgan fingerprint density at radius 3 is 2.50 bits per heavy atom. The van der Waals surface area contributed by atoms with Crippen molar-refractivity contribution in [2.45, 2.75) is 19.8 Å². The zero-order valence-electron chi connectivity index (χ0n) is 14.6. The van der Waals surface area contributed by atoms with E-state index >= 15 is 0 Å². The molecule has 0 bridgehead atoms. The van der Waals surface area contributed by atoms with Crippen molar-refractivity contribution in [1.82, 2.24) is 9.97 Å². The van der Waals surface area contributed by atoms with Crippen LogP contribution in [0.5, 0.6) is 5.75 Å². The van der Waals surface area contributed by atoms with Gasteiger partial charge in [0.15, 0.2) is 0 Å². The predicted molar refractivity (Wildman–Crippen MR) is 96.9 cm³/mol. The molecule has 0 amide bonds. The molecule has 0 saturated carbocycles. The standard InChI is InChI=1S/C18H26N4O2/c1-14-13-17(22-18(21-14)20-10-4-12-23-2)19-11-9-15-5-7-16(24-3)8-6-15/h5-8,13H,4,9-12H2,1-3H3,(H2,19,20,21,22). The van der Waals surface area contributed by atoms with Gasteiger partial charge in [-0.05, 0) is 37.5 Å². The van der Waals surface area contributed by atoms with E-state index in [1.807, 2.05) is 25.1 Å². The van der Waals surface area contributed by atoms with Crippen LogP contribution in [0.4, 0.5) is 11.8 Å². The summed E-state index contributed by atoms with van der Waals surface area (Å²) in [6, 6.07) is 10.1. The Labute approximate surface area is 143 Å². The molecule has 130 valence electrons. The van der Waals surface area contributed by atoms with Gasteiger partial charge >= 0.3 is 0 Å². The second-order valence-corrected chi connectivity index (χ2v) is 5.52. The molecule has 0 aliphatic heterocycles. The summed E-state index contributed by atoms with van der Waals surface area (Å²) >= 11 is 0. The van der Waals surface area contributed by atoms with Crippen LogP contribution in [-0.4, -0.2) is 43.9 Å². The first-order chi connectivity index (χ1) is 11.7. The van der Waals surface area contributed by atoms with Crippen LogP contribution >= 0.6 is 0 Å². The van der Waals surface area contributed by atoms with Crippen molar-refractivity contribution in [2.75, 3.05) is 44.5 Å². The molecule has 2 rings (SSSR count). The average Bonchev–Trinajstić information content (AvgIpc) is 2.59. The van der Waals surface area contributed by atoms with Gasteiger partial charge in [-0.2, -0.15) is 4.98 Å². The molecule has 6 heteroatoms. The van der Waals surface area contributed by atoms with E-state index < -0.39 is 0 Å². The smallest absolute Gasteiger partial charge is 0.224 e. The minimum atomic E-state index is 0.651. The summed E-state index contributed by atoms with van der Waals surface area (Å²) in [7, 11) is 3.38. The maximum absolute atomic E-state index is 5.17. The van der Waals surface area contributed by atoms with Crippen LogP contribution in [0.1, 0.15) is 17.7 Å². The molecule has 0 unspecified atom stereocenters. The Morgan fingerprint density at radius 2 is 1.79 bits per heavy atom. The summed E-state index contributed by atoms with van der Waals surface area (Å²) in [5.41, 5.74) is 2.19.